The van der Waals surface area contributed by atoms with E-state index in [-0.39, 0.29) is 23.6 Å². The molecular formula is C20H14BrNO4S. The molecule has 0 aliphatic carbocycles. The minimum atomic E-state index is -0.360. The number of halogens is 1. The Morgan fingerprint density at radius 3 is 2.74 bits per heavy atom. The lowest BCUT2D eigenvalue weighted by Crippen LogP contribution is -2.30. The fourth-order valence-electron chi connectivity index (χ4n) is 2.77. The zero-order chi connectivity index (χ0) is 18.8. The Bertz CT molecular complexity index is 1100. The second-order valence-electron chi connectivity index (χ2n) is 5.94. The number of furan rings is 1. The fourth-order valence-corrected chi connectivity index (χ4v) is 3.85. The Morgan fingerprint density at radius 2 is 2.00 bits per heavy atom. The number of amides is 1. The first-order valence-corrected chi connectivity index (χ1v) is 9.85. The highest BCUT2D eigenvalue weighted by atomic mass is 79.9. The molecule has 0 bridgehead atoms. The molecule has 0 saturated heterocycles. The summed E-state index contributed by atoms with van der Waals surface area (Å²) in [6.07, 6.45) is 1.57. The van der Waals surface area contributed by atoms with Gasteiger partial charge in [0.25, 0.3) is 5.91 Å². The van der Waals surface area contributed by atoms with Crippen molar-refractivity contribution in [2.75, 3.05) is 0 Å². The molecule has 7 heteroatoms. The second-order valence-corrected chi connectivity index (χ2v) is 7.88. The van der Waals surface area contributed by atoms with Gasteiger partial charge in [-0.1, -0.05) is 22.0 Å². The lowest BCUT2D eigenvalue weighted by atomic mass is 10.2. The third-order valence-corrected chi connectivity index (χ3v) is 5.40. The van der Waals surface area contributed by atoms with E-state index in [1.54, 1.807) is 46.8 Å². The monoisotopic (exact) mass is 443 g/mol. The van der Waals surface area contributed by atoms with Crippen LogP contribution in [0.3, 0.4) is 0 Å². The lowest BCUT2D eigenvalue weighted by molar-refractivity contribution is 0.0687. The molecule has 1 aromatic carbocycles. The van der Waals surface area contributed by atoms with Crippen LogP contribution in [-0.4, -0.2) is 10.8 Å². The number of hydrogen-bond acceptors (Lipinski definition) is 5. The normalized spacial score (nSPS) is 11.0. The SMILES string of the molecule is O=C(c1cc(=O)c2cc(Br)ccc2o1)N(Cc1ccco1)Cc1cccs1. The van der Waals surface area contributed by atoms with Crippen LogP contribution < -0.4 is 5.43 Å². The van der Waals surface area contributed by atoms with Gasteiger partial charge in [0.1, 0.15) is 11.3 Å². The third kappa shape index (κ3) is 3.89. The molecule has 0 unspecified atom stereocenters. The highest BCUT2D eigenvalue weighted by Gasteiger charge is 2.22. The van der Waals surface area contributed by atoms with E-state index in [9.17, 15) is 9.59 Å². The van der Waals surface area contributed by atoms with Gasteiger partial charge < -0.3 is 13.7 Å². The van der Waals surface area contributed by atoms with Gasteiger partial charge in [-0.2, -0.15) is 0 Å². The highest BCUT2D eigenvalue weighted by Crippen LogP contribution is 2.21. The number of carbonyl (C=O) groups excluding carboxylic acids is 1. The lowest BCUT2D eigenvalue weighted by Gasteiger charge is -2.20. The molecule has 136 valence electrons. The Labute approximate surface area is 167 Å². The van der Waals surface area contributed by atoms with Gasteiger partial charge >= 0.3 is 0 Å². The molecule has 0 N–H and O–H groups in total. The van der Waals surface area contributed by atoms with Gasteiger partial charge in [-0.15, -0.1) is 11.3 Å². The Morgan fingerprint density at radius 1 is 1.11 bits per heavy atom. The van der Waals surface area contributed by atoms with Crippen LogP contribution in [0.1, 0.15) is 21.2 Å². The molecule has 3 heterocycles. The number of nitrogens with zero attached hydrogens (tertiary/aromatic N) is 1. The van der Waals surface area contributed by atoms with E-state index in [1.807, 2.05) is 23.6 Å². The van der Waals surface area contributed by atoms with Crippen molar-refractivity contribution in [3.05, 3.63) is 91.3 Å². The van der Waals surface area contributed by atoms with Crippen LogP contribution in [0, 0.1) is 0 Å². The van der Waals surface area contributed by atoms with Crippen molar-refractivity contribution in [2.45, 2.75) is 13.1 Å². The smallest absolute Gasteiger partial charge is 0.290 e. The predicted octanol–water partition coefficient (Wildman–Crippen LogP) is 5.05. The van der Waals surface area contributed by atoms with E-state index < -0.39 is 0 Å². The summed E-state index contributed by atoms with van der Waals surface area (Å²) in [5, 5.41) is 2.38. The maximum Gasteiger partial charge on any atom is 0.290 e. The van der Waals surface area contributed by atoms with Crippen LogP contribution in [0.15, 0.2) is 78.3 Å². The number of benzene rings is 1. The van der Waals surface area contributed by atoms with Crippen LogP contribution in [0.4, 0.5) is 0 Å². The number of fused-ring (bicyclic) bond motifs is 1. The summed E-state index contributed by atoms with van der Waals surface area (Å²) in [5.41, 5.74) is 0.123. The average molecular weight is 444 g/mol. The molecule has 0 saturated carbocycles. The number of hydrogen-bond donors (Lipinski definition) is 0. The van der Waals surface area contributed by atoms with E-state index in [2.05, 4.69) is 15.9 Å². The van der Waals surface area contributed by atoms with Crippen LogP contribution in [-0.2, 0) is 13.1 Å². The first-order chi connectivity index (χ1) is 13.1. The van der Waals surface area contributed by atoms with Crippen molar-refractivity contribution in [1.29, 1.82) is 0 Å². The molecule has 4 rings (SSSR count). The Balaban J connectivity index is 1.70. The van der Waals surface area contributed by atoms with Gasteiger partial charge in [-0.05, 0) is 41.8 Å². The standard InChI is InChI=1S/C20H14BrNO4S/c21-13-5-6-18-16(9-13)17(23)10-19(26-18)20(24)22(11-14-3-1-7-25-14)12-15-4-2-8-27-15/h1-10H,11-12H2. The minimum Gasteiger partial charge on any atom is -0.467 e. The van der Waals surface area contributed by atoms with Gasteiger partial charge in [0.05, 0.1) is 24.7 Å². The summed E-state index contributed by atoms with van der Waals surface area (Å²) >= 11 is 4.90. The number of carbonyl (C=O) groups is 1. The van der Waals surface area contributed by atoms with Crippen LogP contribution in [0.25, 0.3) is 11.0 Å². The molecule has 0 fully saturated rings. The van der Waals surface area contributed by atoms with E-state index in [0.717, 1.165) is 9.35 Å². The van der Waals surface area contributed by atoms with Crippen molar-refractivity contribution in [1.82, 2.24) is 4.90 Å². The molecular weight excluding hydrogens is 430 g/mol. The molecule has 3 aromatic heterocycles. The molecule has 1 amide bonds. The quantitative estimate of drug-likeness (QED) is 0.432. The summed E-state index contributed by atoms with van der Waals surface area (Å²) in [4.78, 5) is 28.2. The summed E-state index contributed by atoms with van der Waals surface area (Å²) in [7, 11) is 0. The fraction of sp³-hybridized carbons (Fsp3) is 0.100. The van der Waals surface area contributed by atoms with E-state index in [1.165, 1.54) is 6.07 Å². The largest absolute Gasteiger partial charge is 0.467 e. The van der Waals surface area contributed by atoms with E-state index >= 15 is 0 Å². The van der Waals surface area contributed by atoms with Gasteiger partial charge in [0, 0.05) is 15.4 Å². The van der Waals surface area contributed by atoms with Crippen molar-refractivity contribution < 1.29 is 13.6 Å². The topological polar surface area (TPSA) is 63.7 Å². The summed E-state index contributed by atoms with van der Waals surface area (Å²) in [5.74, 6) is 0.312. The summed E-state index contributed by atoms with van der Waals surface area (Å²) in [6.45, 7) is 0.686. The molecule has 0 atom stereocenters. The number of thiophene rings is 1. The average Bonchev–Trinajstić information content (AvgIpc) is 3.35. The Hall–Kier alpha value is -2.64. The summed E-state index contributed by atoms with van der Waals surface area (Å²) < 4.78 is 11.9. The Kier molecular flexibility index (Phi) is 4.96. The molecule has 4 aromatic rings. The maximum absolute atomic E-state index is 13.1. The van der Waals surface area contributed by atoms with Crippen molar-refractivity contribution in [3.8, 4) is 0 Å². The van der Waals surface area contributed by atoms with Crippen LogP contribution in [0.5, 0.6) is 0 Å². The first-order valence-electron chi connectivity index (χ1n) is 8.17. The predicted molar refractivity (Wildman–Crippen MR) is 107 cm³/mol. The molecule has 0 aliphatic rings. The highest BCUT2D eigenvalue weighted by molar-refractivity contribution is 9.10. The zero-order valence-corrected chi connectivity index (χ0v) is 16.5. The second kappa shape index (κ2) is 7.54. The van der Waals surface area contributed by atoms with Crippen LogP contribution in [0.2, 0.25) is 0 Å². The van der Waals surface area contributed by atoms with Gasteiger partial charge in [0.15, 0.2) is 11.2 Å². The zero-order valence-electron chi connectivity index (χ0n) is 14.1. The number of rotatable bonds is 5. The summed E-state index contributed by atoms with van der Waals surface area (Å²) in [6, 6.07) is 13.9. The van der Waals surface area contributed by atoms with Gasteiger partial charge in [-0.25, -0.2) is 0 Å². The van der Waals surface area contributed by atoms with Crippen molar-refractivity contribution in [3.63, 3.8) is 0 Å². The minimum absolute atomic E-state index is 0.0120. The van der Waals surface area contributed by atoms with Crippen molar-refractivity contribution in [2.24, 2.45) is 0 Å². The third-order valence-electron chi connectivity index (χ3n) is 4.04. The van der Waals surface area contributed by atoms with Crippen molar-refractivity contribution >= 4 is 44.1 Å². The molecule has 0 aliphatic heterocycles. The van der Waals surface area contributed by atoms with Crippen LogP contribution >= 0.6 is 27.3 Å². The first kappa shape index (κ1) is 17.8. The molecule has 27 heavy (non-hydrogen) atoms. The van der Waals surface area contributed by atoms with Gasteiger partial charge in [0.2, 0.25) is 0 Å². The van der Waals surface area contributed by atoms with E-state index in [4.69, 9.17) is 8.83 Å². The van der Waals surface area contributed by atoms with Gasteiger partial charge in [-0.3, -0.25) is 9.59 Å². The maximum atomic E-state index is 13.1. The van der Waals surface area contributed by atoms with E-state index in [0.29, 0.717) is 23.3 Å². The molecule has 0 radical (unpaired) electrons. The molecule has 0 spiro atoms. The molecule has 5 nitrogen and oxygen atoms in total.